The second kappa shape index (κ2) is 6.02. The first kappa shape index (κ1) is 13.8. The number of ketones is 1. The molecule has 0 radical (unpaired) electrons. The Morgan fingerprint density at radius 1 is 1.44 bits per heavy atom. The Kier molecular flexibility index (Phi) is 4.62. The maximum absolute atomic E-state index is 12.1. The molecule has 1 saturated heterocycles. The highest BCUT2D eigenvalue weighted by atomic mass is 35.5. The fourth-order valence-corrected chi connectivity index (χ4v) is 2.40. The average molecular weight is 288 g/mol. The zero-order valence-corrected chi connectivity index (χ0v) is 11.7. The molecule has 1 heterocycles. The summed E-state index contributed by atoms with van der Waals surface area (Å²) in [5.41, 5.74) is 0.602. The molecule has 1 unspecified atom stereocenters. The third-order valence-electron chi connectivity index (χ3n) is 3.17. The molecule has 0 saturated carbocycles. The number of likely N-dealkylation sites (tertiary alicyclic amines) is 1. The highest BCUT2D eigenvalue weighted by molar-refractivity contribution is 6.42. The summed E-state index contributed by atoms with van der Waals surface area (Å²) in [6.45, 7) is 2.10. The van der Waals surface area contributed by atoms with Gasteiger partial charge >= 0.3 is 0 Å². The summed E-state index contributed by atoms with van der Waals surface area (Å²) in [4.78, 5) is 14.2. The summed E-state index contributed by atoms with van der Waals surface area (Å²) in [5.74, 6) is 0.0605. The van der Waals surface area contributed by atoms with Crippen molar-refractivity contribution in [1.29, 1.82) is 0 Å². The molecule has 2 rings (SSSR count). The molecule has 98 valence electrons. The predicted molar refractivity (Wildman–Crippen MR) is 72.6 cm³/mol. The largest absolute Gasteiger partial charge is 0.380 e. The Balaban J connectivity index is 1.97. The van der Waals surface area contributed by atoms with Crippen molar-refractivity contribution in [2.75, 3.05) is 26.7 Å². The van der Waals surface area contributed by atoms with Crippen LogP contribution in [0.4, 0.5) is 0 Å². The number of hydrogen-bond acceptors (Lipinski definition) is 3. The van der Waals surface area contributed by atoms with Crippen LogP contribution in [-0.2, 0) is 4.74 Å². The van der Waals surface area contributed by atoms with Crippen molar-refractivity contribution in [2.45, 2.75) is 12.5 Å². The third-order valence-corrected chi connectivity index (χ3v) is 3.91. The van der Waals surface area contributed by atoms with Gasteiger partial charge in [-0.3, -0.25) is 9.69 Å². The van der Waals surface area contributed by atoms with Gasteiger partial charge < -0.3 is 4.74 Å². The predicted octanol–water partition coefficient (Wildman–Crippen LogP) is 2.90. The van der Waals surface area contributed by atoms with E-state index in [1.807, 2.05) is 0 Å². The Morgan fingerprint density at radius 3 is 2.83 bits per heavy atom. The van der Waals surface area contributed by atoms with Gasteiger partial charge in [0, 0.05) is 25.8 Å². The minimum atomic E-state index is 0.0605. The normalized spacial score (nSPS) is 20.3. The maximum Gasteiger partial charge on any atom is 0.176 e. The van der Waals surface area contributed by atoms with Crippen LogP contribution in [0.25, 0.3) is 0 Å². The molecule has 0 amide bonds. The van der Waals surface area contributed by atoms with E-state index in [0.717, 1.165) is 19.5 Å². The van der Waals surface area contributed by atoms with Crippen molar-refractivity contribution < 1.29 is 9.53 Å². The molecule has 0 aromatic heterocycles. The third kappa shape index (κ3) is 3.23. The average Bonchev–Trinajstić information content (AvgIpc) is 2.80. The highest BCUT2D eigenvalue weighted by Gasteiger charge is 2.24. The van der Waals surface area contributed by atoms with E-state index in [1.54, 1.807) is 25.3 Å². The van der Waals surface area contributed by atoms with E-state index in [-0.39, 0.29) is 11.9 Å². The van der Waals surface area contributed by atoms with Crippen LogP contribution in [0.2, 0.25) is 10.0 Å². The molecule has 0 N–H and O–H groups in total. The van der Waals surface area contributed by atoms with E-state index in [0.29, 0.717) is 22.2 Å². The van der Waals surface area contributed by atoms with Crippen molar-refractivity contribution in [2.24, 2.45) is 0 Å². The Morgan fingerprint density at radius 2 is 2.22 bits per heavy atom. The van der Waals surface area contributed by atoms with E-state index in [4.69, 9.17) is 27.9 Å². The number of nitrogens with zero attached hydrogens (tertiary/aromatic N) is 1. The van der Waals surface area contributed by atoms with Crippen LogP contribution in [0.5, 0.6) is 0 Å². The number of carbonyl (C=O) groups is 1. The van der Waals surface area contributed by atoms with Gasteiger partial charge in [0.1, 0.15) is 0 Å². The smallest absolute Gasteiger partial charge is 0.176 e. The van der Waals surface area contributed by atoms with Gasteiger partial charge in [0.05, 0.1) is 22.7 Å². The number of carbonyl (C=O) groups excluding carboxylic acids is 1. The zero-order valence-electron chi connectivity index (χ0n) is 10.2. The van der Waals surface area contributed by atoms with Crippen molar-refractivity contribution >= 4 is 29.0 Å². The summed E-state index contributed by atoms with van der Waals surface area (Å²) < 4.78 is 5.27. The maximum atomic E-state index is 12.1. The standard InChI is InChI=1S/C13H15Cl2NO2/c1-18-10-4-5-16(7-10)8-13(17)9-2-3-11(14)12(15)6-9/h2-3,6,10H,4-5,7-8H2,1H3. The number of hydrogen-bond donors (Lipinski definition) is 0. The topological polar surface area (TPSA) is 29.5 Å². The molecule has 1 fully saturated rings. The van der Waals surface area contributed by atoms with Crippen LogP contribution in [-0.4, -0.2) is 43.5 Å². The SMILES string of the molecule is COC1CCN(CC(=O)c2ccc(Cl)c(Cl)c2)C1. The molecule has 1 aliphatic rings. The van der Waals surface area contributed by atoms with Crippen molar-refractivity contribution in [3.8, 4) is 0 Å². The molecule has 5 heteroatoms. The van der Waals surface area contributed by atoms with Crippen molar-refractivity contribution in [3.05, 3.63) is 33.8 Å². The lowest BCUT2D eigenvalue weighted by atomic mass is 10.1. The van der Waals surface area contributed by atoms with E-state index in [2.05, 4.69) is 4.90 Å². The minimum Gasteiger partial charge on any atom is -0.380 e. The second-order valence-corrected chi connectivity index (χ2v) is 5.25. The van der Waals surface area contributed by atoms with Gasteiger partial charge in [-0.15, -0.1) is 0 Å². The van der Waals surface area contributed by atoms with Gasteiger partial charge in [-0.1, -0.05) is 23.2 Å². The minimum absolute atomic E-state index is 0.0605. The van der Waals surface area contributed by atoms with Gasteiger partial charge in [0.2, 0.25) is 0 Å². The van der Waals surface area contributed by atoms with Gasteiger partial charge in [-0.05, 0) is 24.6 Å². The van der Waals surface area contributed by atoms with Crippen LogP contribution in [0.15, 0.2) is 18.2 Å². The number of ether oxygens (including phenoxy) is 1. The second-order valence-electron chi connectivity index (χ2n) is 4.43. The Bertz CT molecular complexity index is 451. The molecule has 0 aliphatic carbocycles. The van der Waals surface area contributed by atoms with E-state index in [9.17, 15) is 4.79 Å². The number of Topliss-reactive ketones (excluding diaryl/α,β-unsaturated/α-hetero) is 1. The molecule has 1 aromatic rings. The van der Waals surface area contributed by atoms with Crippen molar-refractivity contribution in [3.63, 3.8) is 0 Å². The Hall–Kier alpha value is -0.610. The fraction of sp³-hybridized carbons (Fsp3) is 0.462. The molecule has 0 bridgehead atoms. The monoisotopic (exact) mass is 287 g/mol. The zero-order chi connectivity index (χ0) is 13.1. The lowest BCUT2D eigenvalue weighted by Gasteiger charge is -2.14. The van der Waals surface area contributed by atoms with Crippen LogP contribution in [0.3, 0.4) is 0 Å². The van der Waals surface area contributed by atoms with Crippen LogP contribution >= 0.6 is 23.2 Å². The molecular weight excluding hydrogens is 273 g/mol. The first-order chi connectivity index (χ1) is 8.60. The fourth-order valence-electron chi connectivity index (χ4n) is 2.10. The highest BCUT2D eigenvalue weighted by Crippen LogP contribution is 2.23. The summed E-state index contributed by atoms with van der Waals surface area (Å²) >= 11 is 11.7. The van der Waals surface area contributed by atoms with Gasteiger partial charge in [0.15, 0.2) is 5.78 Å². The lowest BCUT2D eigenvalue weighted by molar-refractivity contribution is 0.0899. The first-order valence-corrected chi connectivity index (χ1v) is 6.59. The summed E-state index contributed by atoms with van der Waals surface area (Å²) in [6.07, 6.45) is 1.22. The number of benzene rings is 1. The molecule has 3 nitrogen and oxygen atoms in total. The van der Waals surface area contributed by atoms with Gasteiger partial charge in [0.25, 0.3) is 0 Å². The van der Waals surface area contributed by atoms with Gasteiger partial charge in [-0.25, -0.2) is 0 Å². The number of halogens is 2. The Labute approximate surface area is 117 Å². The van der Waals surface area contributed by atoms with Crippen LogP contribution in [0.1, 0.15) is 16.8 Å². The van der Waals surface area contributed by atoms with Crippen LogP contribution < -0.4 is 0 Å². The van der Waals surface area contributed by atoms with Gasteiger partial charge in [-0.2, -0.15) is 0 Å². The van der Waals surface area contributed by atoms with Crippen LogP contribution in [0, 0.1) is 0 Å². The molecule has 0 spiro atoms. The summed E-state index contributed by atoms with van der Waals surface area (Å²) in [7, 11) is 1.70. The molecule has 1 atom stereocenters. The first-order valence-electron chi connectivity index (χ1n) is 5.83. The van der Waals surface area contributed by atoms with E-state index < -0.39 is 0 Å². The van der Waals surface area contributed by atoms with E-state index >= 15 is 0 Å². The van der Waals surface area contributed by atoms with E-state index in [1.165, 1.54) is 0 Å². The summed E-state index contributed by atoms with van der Waals surface area (Å²) in [6, 6.07) is 4.98. The number of rotatable bonds is 4. The van der Waals surface area contributed by atoms with Crippen molar-refractivity contribution in [1.82, 2.24) is 4.90 Å². The molecular formula is C13H15Cl2NO2. The molecule has 1 aromatic carbocycles. The lowest BCUT2D eigenvalue weighted by Crippen LogP contribution is -2.29. The summed E-state index contributed by atoms with van der Waals surface area (Å²) in [5, 5.41) is 0.882. The number of methoxy groups -OCH3 is 1. The molecule has 18 heavy (non-hydrogen) atoms. The molecule has 1 aliphatic heterocycles. The quantitative estimate of drug-likeness (QED) is 0.798.